The highest BCUT2D eigenvalue weighted by atomic mass is 35.5. The summed E-state index contributed by atoms with van der Waals surface area (Å²) in [6.45, 7) is 6.45. The van der Waals surface area contributed by atoms with Crippen LogP contribution in [0.5, 0.6) is 0 Å². The molecule has 0 aliphatic carbocycles. The molecule has 1 unspecified atom stereocenters. The molecule has 1 aliphatic rings. The van der Waals surface area contributed by atoms with Crippen molar-refractivity contribution in [2.75, 3.05) is 24.6 Å². The van der Waals surface area contributed by atoms with E-state index < -0.39 is 0 Å². The highest BCUT2D eigenvalue weighted by molar-refractivity contribution is 6.33. The third kappa shape index (κ3) is 4.13. The molecule has 3 nitrogen and oxygen atoms in total. The molecule has 1 aromatic carbocycles. The molecular formula is C17H24ClNO2. The molecule has 0 radical (unpaired) electrons. The van der Waals surface area contributed by atoms with Gasteiger partial charge >= 0.3 is 5.97 Å². The number of piperidine rings is 1. The normalized spacial score (nSPS) is 16.6. The number of esters is 1. The van der Waals surface area contributed by atoms with E-state index in [9.17, 15) is 4.79 Å². The van der Waals surface area contributed by atoms with E-state index in [-0.39, 0.29) is 11.9 Å². The van der Waals surface area contributed by atoms with Gasteiger partial charge in [-0.05, 0) is 50.3 Å². The van der Waals surface area contributed by atoms with Gasteiger partial charge < -0.3 is 9.64 Å². The Morgan fingerprint density at radius 1 is 1.33 bits per heavy atom. The Bertz CT molecular complexity index is 484. The van der Waals surface area contributed by atoms with Gasteiger partial charge in [0, 0.05) is 13.1 Å². The molecule has 21 heavy (non-hydrogen) atoms. The van der Waals surface area contributed by atoms with E-state index in [2.05, 4.69) is 4.90 Å². The molecule has 1 fully saturated rings. The highest BCUT2D eigenvalue weighted by Gasteiger charge is 2.19. The van der Waals surface area contributed by atoms with Crippen molar-refractivity contribution in [3.8, 4) is 0 Å². The zero-order chi connectivity index (χ0) is 15.2. The maximum Gasteiger partial charge on any atom is 0.313 e. The number of benzene rings is 1. The molecule has 0 aromatic heterocycles. The van der Waals surface area contributed by atoms with Crippen LogP contribution in [0.15, 0.2) is 18.2 Å². The van der Waals surface area contributed by atoms with Gasteiger partial charge in [-0.3, -0.25) is 4.79 Å². The van der Waals surface area contributed by atoms with Crippen LogP contribution in [0.25, 0.3) is 0 Å². The molecule has 0 N–H and O–H groups in total. The van der Waals surface area contributed by atoms with Crippen molar-refractivity contribution in [1.82, 2.24) is 0 Å². The van der Waals surface area contributed by atoms with Crippen LogP contribution in [0.4, 0.5) is 5.69 Å². The summed E-state index contributed by atoms with van der Waals surface area (Å²) in [4.78, 5) is 14.3. The van der Waals surface area contributed by atoms with Gasteiger partial charge in [-0.15, -0.1) is 0 Å². The summed E-state index contributed by atoms with van der Waals surface area (Å²) in [6.07, 6.45) is 4.58. The summed E-state index contributed by atoms with van der Waals surface area (Å²) < 4.78 is 5.20. The van der Waals surface area contributed by atoms with Crippen molar-refractivity contribution in [1.29, 1.82) is 0 Å². The van der Waals surface area contributed by atoms with E-state index in [1.165, 1.54) is 19.3 Å². The van der Waals surface area contributed by atoms with Crippen LogP contribution in [0.2, 0.25) is 5.02 Å². The standard InChI is InChI=1S/C17H24ClNO2/c1-3-11-21-17(20)13(2)14-7-8-16(15(18)12-14)19-9-5-4-6-10-19/h7-8,12-13H,3-6,9-11H2,1-2H3. The number of nitrogens with zero attached hydrogens (tertiary/aromatic N) is 1. The number of carbonyl (C=O) groups excluding carboxylic acids is 1. The van der Waals surface area contributed by atoms with E-state index in [1.54, 1.807) is 0 Å². The molecule has 0 spiro atoms. The summed E-state index contributed by atoms with van der Waals surface area (Å²) in [5.74, 6) is -0.455. The van der Waals surface area contributed by atoms with E-state index in [1.807, 2.05) is 32.0 Å². The van der Waals surface area contributed by atoms with Crippen molar-refractivity contribution in [2.24, 2.45) is 0 Å². The first-order valence-corrected chi connectivity index (χ1v) is 8.22. The SMILES string of the molecule is CCCOC(=O)C(C)c1ccc(N2CCCCC2)c(Cl)c1. The Balaban J connectivity index is 2.09. The molecule has 0 amide bonds. The molecule has 4 heteroatoms. The van der Waals surface area contributed by atoms with Gasteiger partial charge in [0.05, 0.1) is 23.2 Å². The van der Waals surface area contributed by atoms with Crippen LogP contribution in [0.3, 0.4) is 0 Å². The second-order valence-corrected chi connectivity index (χ2v) is 6.05. The van der Waals surface area contributed by atoms with E-state index in [0.717, 1.165) is 35.8 Å². The summed E-state index contributed by atoms with van der Waals surface area (Å²) in [5, 5.41) is 0.726. The number of rotatable bonds is 5. The third-order valence-electron chi connectivity index (χ3n) is 3.97. The Labute approximate surface area is 132 Å². The third-order valence-corrected chi connectivity index (χ3v) is 4.27. The monoisotopic (exact) mass is 309 g/mol. The number of anilines is 1. The molecule has 116 valence electrons. The van der Waals surface area contributed by atoms with Gasteiger partial charge in [0.25, 0.3) is 0 Å². The fraction of sp³-hybridized carbons (Fsp3) is 0.588. The summed E-state index contributed by atoms with van der Waals surface area (Å²) in [6, 6.07) is 5.93. The molecule has 1 atom stereocenters. The minimum atomic E-state index is -0.274. The minimum Gasteiger partial charge on any atom is -0.465 e. The fourth-order valence-electron chi connectivity index (χ4n) is 2.65. The van der Waals surface area contributed by atoms with Crippen LogP contribution < -0.4 is 4.90 Å². The maximum absolute atomic E-state index is 11.9. The van der Waals surface area contributed by atoms with Crippen LogP contribution >= 0.6 is 11.6 Å². The molecule has 1 heterocycles. The number of hydrogen-bond acceptors (Lipinski definition) is 3. The second kappa shape index (κ2) is 7.69. The quantitative estimate of drug-likeness (QED) is 0.756. The number of hydrogen-bond donors (Lipinski definition) is 0. The summed E-state index contributed by atoms with van der Waals surface area (Å²) >= 11 is 6.42. The lowest BCUT2D eigenvalue weighted by atomic mass is 10.0. The van der Waals surface area contributed by atoms with Gasteiger partial charge in [-0.1, -0.05) is 24.6 Å². The molecule has 0 saturated carbocycles. The van der Waals surface area contributed by atoms with Gasteiger partial charge in [-0.2, -0.15) is 0 Å². The van der Waals surface area contributed by atoms with Gasteiger partial charge in [0.2, 0.25) is 0 Å². The smallest absolute Gasteiger partial charge is 0.313 e. The Morgan fingerprint density at radius 3 is 2.67 bits per heavy atom. The lowest BCUT2D eigenvalue weighted by Gasteiger charge is -2.30. The maximum atomic E-state index is 11.9. The van der Waals surface area contributed by atoms with Crippen LogP contribution in [-0.4, -0.2) is 25.7 Å². The summed E-state index contributed by atoms with van der Waals surface area (Å²) in [7, 11) is 0. The fourth-order valence-corrected chi connectivity index (χ4v) is 2.96. The van der Waals surface area contributed by atoms with Crippen molar-refractivity contribution >= 4 is 23.3 Å². The van der Waals surface area contributed by atoms with E-state index >= 15 is 0 Å². The topological polar surface area (TPSA) is 29.5 Å². The Hall–Kier alpha value is -1.22. The van der Waals surface area contributed by atoms with Crippen molar-refractivity contribution in [3.63, 3.8) is 0 Å². The number of carbonyl (C=O) groups is 1. The van der Waals surface area contributed by atoms with Gasteiger partial charge in [0.15, 0.2) is 0 Å². The lowest BCUT2D eigenvalue weighted by molar-refractivity contribution is -0.145. The average Bonchev–Trinajstić information content (AvgIpc) is 2.52. The zero-order valence-corrected chi connectivity index (χ0v) is 13.7. The van der Waals surface area contributed by atoms with Crippen LogP contribution in [0.1, 0.15) is 51.0 Å². The molecule has 1 aliphatic heterocycles. The van der Waals surface area contributed by atoms with Gasteiger partial charge in [0.1, 0.15) is 0 Å². The average molecular weight is 310 g/mol. The van der Waals surface area contributed by atoms with Gasteiger partial charge in [-0.25, -0.2) is 0 Å². The first-order valence-electron chi connectivity index (χ1n) is 7.84. The lowest BCUT2D eigenvalue weighted by Crippen LogP contribution is -2.29. The van der Waals surface area contributed by atoms with E-state index in [4.69, 9.17) is 16.3 Å². The van der Waals surface area contributed by atoms with E-state index in [0.29, 0.717) is 6.61 Å². The predicted octanol–water partition coefficient (Wildman–Crippen LogP) is 4.39. The van der Waals surface area contributed by atoms with Crippen molar-refractivity contribution in [3.05, 3.63) is 28.8 Å². The molecular weight excluding hydrogens is 286 g/mol. The predicted molar refractivity (Wildman–Crippen MR) is 87.2 cm³/mol. The molecule has 1 aromatic rings. The largest absolute Gasteiger partial charge is 0.465 e. The molecule has 0 bridgehead atoms. The Kier molecular flexibility index (Phi) is 5.92. The number of halogens is 1. The van der Waals surface area contributed by atoms with Crippen molar-refractivity contribution < 1.29 is 9.53 Å². The Morgan fingerprint density at radius 2 is 2.05 bits per heavy atom. The first-order chi connectivity index (χ1) is 10.1. The second-order valence-electron chi connectivity index (χ2n) is 5.65. The molecule has 2 rings (SSSR count). The highest BCUT2D eigenvalue weighted by Crippen LogP contribution is 2.31. The zero-order valence-electron chi connectivity index (χ0n) is 12.9. The van der Waals surface area contributed by atoms with Crippen molar-refractivity contribution in [2.45, 2.75) is 45.4 Å². The first kappa shape index (κ1) is 16.2. The van der Waals surface area contributed by atoms with Crippen LogP contribution in [0, 0.1) is 0 Å². The molecule has 1 saturated heterocycles. The van der Waals surface area contributed by atoms with Crippen LogP contribution in [-0.2, 0) is 9.53 Å². The number of ether oxygens (including phenoxy) is 1. The summed E-state index contributed by atoms with van der Waals surface area (Å²) in [5.41, 5.74) is 2.00. The minimum absolute atomic E-state index is 0.182.